The summed E-state index contributed by atoms with van der Waals surface area (Å²) in [6.07, 6.45) is 0.761. The van der Waals surface area contributed by atoms with Crippen molar-refractivity contribution in [2.24, 2.45) is 0 Å². The zero-order valence-corrected chi connectivity index (χ0v) is 12.5. The van der Waals surface area contributed by atoms with Crippen LogP contribution in [-0.2, 0) is 11.2 Å². The molecule has 1 amide bonds. The van der Waals surface area contributed by atoms with Crippen LogP contribution in [0.2, 0.25) is 0 Å². The number of carbonyl (C=O) groups excluding carboxylic acids is 1. The SMILES string of the molecule is CCN(C(=O)C1Cc2ccccc2N1)c1ccccc1C. The third-order valence-electron chi connectivity index (χ3n) is 4.06. The predicted octanol–water partition coefficient (Wildman–Crippen LogP) is 3.38. The van der Waals surface area contributed by atoms with Gasteiger partial charge in [-0.1, -0.05) is 36.4 Å². The second-order valence-corrected chi connectivity index (χ2v) is 5.43. The van der Waals surface area contributed by atoms with Crippen LogP contribution in [0.3, 0.4) is 0 Å². The first-order valence-electron chi connectivity index (χ1n) is 7.42. The summed E-state index contributed by atoms with van der Waals surface area (Å²) < 4.78 is 0. The van der Waals surface area contributed by atoms with Gasteiger partial charge in [0.1, 0.15) is 6.04 Å². The molecular weight excluding hydrogens is 260 g/mol. The van der Waals surface area contributed by atoms with Crippen molar-refractivity contribution in [3.05, 3.63) is 59.7 Å². The fraction of sp³-hybridized carbons (Fsp3) is 0.278. The monoisotopic (exact) mass is 280 g/mol. The van der Waals surface area contributed by atoms with E-state index in [0.717, 1.165) is 23.4 Å². The molecule has 0 aliphatic carbocycles. The number of nitrogens with one attached hydrogen (secondary N) is 1. The maximum absolute atomic E-state index is 12.9. The first-order valence-corrected chi connectivity index (χ1v) is 7.42. The zero-order valence-electron chi connectivity index (χ0n) is 12.5. The van der Waals surface area contributed by atoms with Gasteiger partial charge in [-0.3, -0.25) is 4.79 Å². The zero-order chi connectivity index (χ0) is 14.8. The molecule has 0 aromatic heterocycles. The number of benzene rings is 2. The minimum atomic E-state index is -0.165. The third kappa shape index (κ3) is 2.51. The number of amides is 1. The van der Waals surface area contributed by atoms with Crippen molar-refractivity contribution < 1.29 is 4.79 Å². The maximum atomic E-state index is 12.9. The maximum Gasteiger partial charge on any atom is 0.249 e. The van der Waals surface area contributed by atoms with Gasteiger partial charge in [0, 0.05) is 24.3 Å². The number of rotatable bonds is 3. The van der Waals surface area contributed by atoms with E-state index in [4.69, 9.17) is 0 Å². The number of para-hydroxylation sites is 2. The van der Waals surface area contributed by atoms with Crippen LogP contribution >= 0.6 is 0 Å². The van der Waals surface area contributed by atoms with Crippen LogP contribution in [0.15, 0.2) is 48.5 Å². The summed E-state index contributed by atoms with van der Waals surface area (Å²) in [5.41, 5.74) is 4.43. The fourth-order valence-corrected chi connectivity index (χ4v) is 2.95. The third-order valence-corrected chi connectivity index (χ3v) is 4.06. The Kier molecular flexibility index (Phi) is 3.65. The molecule has 1 heterocycles. The Morgan fingerprint density at radius 1 is 1.19 bits per heavy atom. The average molecular weight is 280 g/mol. The molecule has 1 aliphatic rings. The second-order valence-electron chi connectivity index (χ2n) is 5.43. The van der Waals surface area contributed by atoms with Crippen LogP contribution in [-0.4, -0.2) is 18.5 Å². The summed E-state index contributed by atoms with van der Waals surface area (Å²) >= 11 is 0. The van der Waals surface area contributed by atoms with Gasteiger partial charge in [-0.25, -0.2) is 0 Å². The molecule has 0 saturated heterocycles. The number of likely N-dealkylation sites (N-methyl/N-ethyl adjacent to an activating group) is 1. The molecule has 2 aromatic carbocycles. The van der Waals surface area contributed by atoms with Crippen LogP contribution in [0.1, 0.15) is 18.1 Å². The van der Waals surface area contributed by atoms with Gasteiger partial charge in [-0.2, -0.15) is 0 Å². The van der Waals surface area contributed by atoms with E-state index < -0.39 is 0 Å². The van der Waals surface area contributed by atoms with Gasteiger partial charge in [-0.05, 0) is 37.1 Å². The van der Waals surface area contributed by atoms with Gasteiger partial charge in [0.05, 0.1) is 0 Å². The van der Waals surface area contributed by atoms with Gasteiger partial charge in [0.2, 0.25) is 5.91 Å². The van der Waals surface area contributed by atoms with Crippen LogP contribution in [0.5, 0.6) is 0 Å². The predicted molar refractivity (Wildman–Crippen MR) is 86.8 cm³/mol. The van der Waals surface area contributed by atoms with Gasteiger partial charge in [-0.15, -0.1) is 0 Å². The number of carbonyl (C=O) groups is 1. The lowest BCUT2D eigenvalue weighted by molar-refractivity contribution is -0.119. The number of aryl methyl sites for hydroxylation is 1. The molecule has 0 fully saturated rings. The molecule has 1 unspecified atom stereocenters. The lowest BCUT2D eigenvalue weighted by atomic mass is 10.1. The van der Waals surface area contributed by atoms with E-state index in [-0.39, 0.29) is 11.9 Å². The number of nitrogens with zero attached hydrogens (tertiary/aromatic N) is 1. The summed E-state index contributed by atoms with van der Waals surface area (Å²) in [5, 5.41) is 3.35. The topological polar surface area (TPSA) is 32.3 Å². The molecule has 1 aliphatic heterocycles. The van der Waals surface area contributed by atoms with Gasteiger partial charge < -0.3 is 10.2 Å². The molecule has 1 atom stereocenters. The first kappa shape index (κ1) is 13.7. The van der Waals surface area contributed by atoms with Gasteiger partial charge in [0.15, 0.2) is 0 Å². The fourth-order valence-electron chi connectivity index (χ4n) is 2.95. The van der Waals surface area contributed by atoms with Crippen LogP contribution in [0.25, 0.3) is 0 Å². The van der Waals surface area contributed by atoms with Crippen molar-refractivity contribution in [1.29, 1.82) is 0 Å². The summed E-state index contributed by atoms with van der Waals surface area (Å²) in [5.74, 6) is 0.142. The Morgan fingerprint density at radius 2 is 1.90 bits per heavy atom. The molecule has 2 aromatic rings. The van der Waals surface area contributed by atoms with E-state index in [2.05, 4.69) is 11.4 Å². The van der Waals surface area contributed by atoms with Crippen molar-refractivity contribution in [2.45, 2.75) is 26.3 Å². The highest BCUT2D eigenvalue weighted by atomic mass is 16.2. The van der Waals surface area contributed by atoms with Crippen molar-refractivity contribution in [1.82, 2.24) is 0 Å². The number of anilines is 2. The molecule has 108 valence electrons. The lowest BCUT2D eigenvalue weighted by Gasteiger charge is -2.26. The molecule has 21 heavy (non-hydrogen) atoms. The highest BCUT2D eigenvalue weighted by Crippen LogP contribution is 2.28. The van der Waals surface area contributed by atoms with E-state index in [9.17, 15) is 4.79 Å². The van der Waals surface area contributed by atoms with E-state index in [1.165, 1.54) is 5.56 Å². The Labute approximate surface area is 125 Å². The largest absolute Gasteiger partial charge is 0.373 e. The molecule has 1 N–H and O–H groups in total. The molecule has 0 bridgehead atoms. The summed E-state index contributed by atoms with van der Waals surface area (Å²) in [6, 6.07) is 16.0. The van der Waals surface area contributed by atoms with Crippen molar-refractivity contribution >= 4 is 17.3 Å². The van der Waals surface area contributed by atoms with Gasteiger partial charge >= 0.3 is 0 Å². The highest BCUT2D eigenvalue weighted by molar-refractivity contribution is 6.00. The molecular formula is C18H20N2O. The Hall–Kier alpha value is -2.29. The normalized spacial score (nSPS) is 16.2. The molecule has 0 radical (unpaired) electrons. The second kappa shape index (κ2) is 5.60. The number of hydrogen-bond donors (Lipinski definition) is 1. The van der Waals surface area contributed by atoms with Crippen molar-refractivity contribution in [3.8, 4) is 0 Å². The van der Waals surface area contributed by atoms with Crippen LogP contribution in [0, 0.1) is 6.92 Å². The summed E-state index contributed by atoms with van der Waals surface area (Å²) in [6.45, 7) is 4.74. The number of hydrogen-bond acceptors (Lipinski definition) is 2. The molecule has 3 heteroatoms. The lowest BCUT2D eigenvalue weighted by Crippen LogP contribution is -2.42. The number of fused-ring (bicyclic) bond motifs is 1. The molecule has 0 spiro atoms. The minimum absolute atomic E-state index is 0.142. The van der Waals surface area contributed by atoms with Crippen LogP contribution < -0.4 is 10.2 Å². The standard InChI is InChI=1S/C18H20N2O/c1-3-20(17-11-7-4-8-13(17)2)18(21)16-12-14-9-5-6-10-15(14)19-16/h4-11,16,19H,3,12H2,1-2H3. The molecule has 3 rings (SSSR count). The van der Waals surface area contributed by atoms with Crippen molar-refractivity contribution in [2.75, 3.05) is 16.8 Å². The Bertz CT molecular complexity index is 641. The minimum Gasteiger partial charge on any atom is -0.373 e. The van der Waals surface area contributed by atoms with Crippen LogP contribution in [0.4, 0.5) is 11.4 Å². The Morgan fingerprint density at radius 3 is 2.62 bits per heavy atom. The van der Waals surface area contributed by atoms with E-state index in [1.54, 1.807) is 0 Å². The summed E-state index contributed by atoms with van der Waals surface area (Å²) in [7, 11) is 0. The smallest absolute Gasteiger partial charge is 0.249 e. The molecule has 3 nitrogen and oxygen atoms in total. The average Bonchev–Trinajstić information content (AvgIpc) is 2.93. The van der Waals surface area contributed by atoms with E-state index >= 15 is 0 Å². The van der Waals surface area contributed by atoms with E-state index in [0.29, 0.717) is 6.54 Å². The Balaban J connectivity index is 1.84. The van der Waals surface area contributed by atoms with Crippen molar-refractivity contribution in [3.63, 3.8) is 0 Å². The summed E-state index contributed by atoms with van der Waals surface area (Å²) in [4.78, 5) is 14.7. The van der Waals surface area contributed by atoms with Gasteiger partial charge in [0.25, 0.3) is 0 Å². The first-order chi connectivity index (χ1) is 10.2. The molecule has 0 saturated carbocycles. The van der Waals surface area contributed by atoms with E-state index in [1.807, 2.05) is 61.2 Å². The highest BCUT2D eigenvalue weighted by Gasteiger charge is 2.30. The quantitative estimate of drug-likeness (QED) is 0.934.